The molecule has 26 heavy (non-hydrogen) atoms. The van der Waals surface area contributed by atoms with Gasteiger partial charge in [-0.1, -0.05) is 0 Å². The normalized spacial score (nSPS) is 17.6. The summed E-state index contributed by atoms with van der Waals surface area (Å²) in [6.45, 7) is 0.481. The van der Waals surface area contributed by atoms with E-state index in [0.29, 0.717) is 30.2 Å². The van der Waals surface area contributed by atoms with Gasteiger partial charge in [-0.3, -0.25) is 14.4 Å². The molecule has 0 saturated carbocycles. The topological polar surface area (TPSA) is 112 Å². The summed E-state index contributed by atoms with van der Waals surface area (Å²) in [4.78, 5) is 35.3. The highest BCUT2D eigenvalue weighted by Gasteiger charge is 2.18. The van der Waals surface area contributed by atoms with Crippen molar-refractivity contribution < 1.29 is 33.3 Å². The second-order valence-electron chi connectivity index (χ2n) is 5.85. The fraction of sp³-hybridized carbons (Fsp3) is 0.471. The number of carbonyl (C=O) groups excluding carboxylic acids is 3. The highest BCUT2D eigenvalue weighted by atomic mass is 16.7. The second kappa shape index (κ2) is 8.52. The smallest absolute Gasteiger partial charge is 0.325 e. The third kappa shape index (κ3) is 4.85. The molecule has 0 aliphatic carbocycles. The molecular weight excluding hydrogens is 344 g/mol. The van der Waals surface area contributed by atoms with Crippen LogP contribution >= 0.6 is 0 Å². The van der Waals surface area contributed by atoms with Crippen LogP contribution in [0.15, 0.2) is 18.2 Å². The van der Waals surface area contributed by atoms with Crippen molar-refractivity contribution in [3.63, 3.8) is 0 Å². The fourth-order valence-corrected chi connectivity index (χ4v) is 2.57. The molecule has 1 saturated heterocycles. The number of nitrogens with one attached hydrogen (secondary N) is 2. The van der Waals surface area contributed by atoms with Crippen LogP contribution in [0.5, 0.6) is 11.5 Å². The van der Waals surface area contributed by atoms with Gasteiger partial charge in [0.1, 0.15) is 6.54 Å². The zero-order valence-corrected chi connectivity index (χ0v) is 14.1. The van der Waals surface area contributed by atoms with E-state index in [1.807, 2.05) is 0 Å². The van der Waals surface area contributed by atoms with Gasteiger partial charge in [0.2, 0.25) is 6.79 Å². The SMILES string of the molecule is O=C(COC(=O)CNC(=O)c1ccc2c(c1)OCO2)NC[C@@H]1CCCO1. The predicted molar refractivity (Wildman–Crippen MR) is 87.8 cm³/mol. The van der Waals surface area contributed by atoms with Crippen LogP contribution in [0, 0.1) is 0 Å². The number of carbonyl (C=O) groups is 3. The molecule has 9 heteroatoms. The van der Waals surface area contributed by atoms with Crippen molar-refractivity contribution in [3.8, 4) is 11.5 Å². The first-order chi connectivity index (χ1) is 12.6. The standard InChI is InChI=1S/C17H20N2O7/c20-15(18-7-12-2-1-5-23-12)9-24-16(21)8-19-17(22)11-3-4-13-14(6-11)26-10-25-13/h3-4,6,12H,1-2,5,7-10H2,(H,18,20)(H,19,22)/t12-/m0/s1. The van der Waals surface area contributed by atoms with E-state index >= 15 is 0 Å². The van der Waals surface area contributed by atoms with Crippen LogP contribution in [-0.4, -0.2) is 57.0 Å². The first-order valence-corrected chi connectivity index (χ1v) is 8.33. The zero-order chi connectivity index (χ0) is 18.4. The molecule has 1 atom stereocenters. The lowest BCUT2D eigenvalue weighted by Gasteiger charge is -2.11. The Bertz CT molecular complexity index is 686. The van der Waals surface area contributed by atoms with Crippen molar-refractivity contribution in [3.05, 3.63) is 23.8 Å². The van der Waals surface area contributed by atoms with Gasteiger partial charge in [-0.15, -0.1) is 0 Å². The first-order valence-electron chi connectivity index (χ1n) is 8.33. The van der Waals surface area contributed by atoms with Gasteiger partial charge in [0, 0.05) is 18.7 Å². The van der Waals surface area contributed by atoms with E-state index in [0.717, 1.165) is 12.8 Å². The van der Waals surface area contributed by atoms with Gasteiger partial charge in [-0.25, -0.2) is 0 Å². The first kappa shape index (κ1) is 18.0. The molecule has 140 valence electrons. The van der Waals surface area contributed by atoms with Crippen molar-refractivity contribution in [1.82, 2.24) is 10.6 Å². The molecule has 2 N–H and O–H groups in total. The summed E-state index contributed by atoms with van der Waals surface area (Å²) in [5, 5.41) is 5.07. The van der Waals surface area contributed by atoms with Crippen LogP contribution in [0.25, 0.3) is 0 Å². The maximum absolute atomic E-state index is 12.0. The minimum Gasteiger partial charge on any atom is -0.454 e. The molecule has 0 unspecified atom stereocenters. The van der Waals surface area contributed by atoms with Crippen molar-refractivity contribution in [2.75, 3.05) is 33.1 Å². The van der Waals surface area contributed by atoms with Crippen LogP contribution in [0.2, 0.25) is 0 Å². The van der Waals surface area contributed by atoms with E-state index in [1.165, 1.54) is 6.07 Å². The van der Waals surface area contributed by atoms with E-state index in [9.17, 15) is 14.4 Å². The Balaban J connectivity index is 1.34. The van der Waals surface area contributed by atoms with Crippen molar-refractivity contribution in [1.29, 1.82) is 0 Å². The number of amides is 2. The second-order valence-corrected chi connectivity index (χ2v) is 5.85. The van der Waals surface area contributed by atoms with Gasteiger partial charge >= 0.3 is 5.97 Å². The summed E-state index contributed by atoms with van der Waals surface area (Å²) in [5.41, 5.74) is 0.330. The molecule has 2 amide bonds. The van der Waals surface area contributed by atoms with E-state index in [-0.39, 0.29) is 19.4 Å². The summed E-state index contributed by atoms with van der Waals surface area (Å²) in [6.07, 6.45) is 1.92. The zero-order valence-electron chi connectivity index (χ0n) is 14.1. The number of hydrogen-bond donors (Lipinski definition) is 2. The summed E-state index contributed by atoms with van der Waals surface area (Å²) >= 11 is 0. The summed E-state index contributed by atoms with van der Waals surface area (Å²) in [5.74, 6) is -0.525. The Morgan fingerprint density at radius 3 is 2.81 bits per heavy atom. The molecule has 1 aromatic rings. The van der Waals surface area contributed by atoms with E-state index in [2.05, 4.69) is 10.6 Å². The molecule has 0 bridgehead atoms. The number of fused-ring (bicyclic) bond motifs is 1. The molecule has 1 aromatic carbocycles. The van der Waals surface area contributed by atoms with Crippen LogP contribution < -0.4 is 20.1 Å². The van der Waals surface area contributed by atoms with Crippen LogP contribution in [0.1, 0.15) is 23.2 Å². The quantitative estimate of drug-likeness (QED) is 0.654. The lowest BCUT2D eigenvalue weighted by Crippen LogP contribution is -2.36. The lowest BCUT2D eigenvalue weighted by atomic mass is 10.2. The molecule has 0 spiro atoms. The Morgan fingerprint density at radius 1 is 1.15 bits per heavy atom. The Hall–Kier alpha value is -2.81. The Kier molecular flexibility index (Phi) is 5.90. The Labute approximate surface area is 149 Å². The monoisotopic (exact) mass is 364 g/mol. The molecule has 3 rings (SSSR count). The largest absolute Gasteiger partial charge is 0.454 e. The molecule has 2 aliphatic heterocycles. The van der Waals surface area contributed by atoms with Crippen molar-refractivity contribution in [2.24, 2.45) is 0 Å². The summed E-state index contributed by atoms with van der Waals surface area (Å²) in [6, 6.07) is 4.71. The third-order valence-corrected chi connectivity index (χ3v) is 3.94. The number of esters is 1. The van der Waals surface area contributed by atoms with Crippen molar-refractivity contribution in [2.45, 2.75) is 18.9 Å². The van der Waals surface area contributed by atoms with Gasteiger partial charge in [-0.05, 0) is 31.0 Å². The van der Waals surface area contributed by atoms with Gasteiger partial charge < -0.3 is 29.6 Å². The van der Waals surface area contributed by atoms with Gasteiger partial charge in [0.05, 0.1) is 6.10 Å². The highest BCUT2D eigenvalue weighted by Crippen LogP contribution is 2.32. The molecule has 1 fully saturated rings. The third-order valence-electron chi connectivity index (χ3n) is 3.94. The lowest BCUT2D eigenvalue weighted by molar-refractivity contribution is -0.147. The number of benzene rings is 1. The summed E-state index contributed by atoms with van der Waals surface area (Å²) < 4.78 is 20.6. The van der Waals surface area contributed by atoms with Gasteiger partial charge in [0.15, 0.2) is 18.1 Å². The van der Waals surface area contributed by atoms with Crippen LogP contribution in [-0.2, 0) is 19.1 Å². The molecule has 0 aromatic heterocycles. The van der Waals surface area contributed by atoms with E-state index in [4.69, 9.17) is 18.9 Å². The number of rotatable bonds is 7. The van der Waals surface area contributed by atoms with Crippen LogP contribution in [0.4, 0.5) is 0 Å². The molecule has 9 nitrogen and oxygen atoms in total. The summed E-state index contributed by atoms with van der Waals surface area (Å²) in [7, 11) is 0. The average Bonchev–Trinajstić information content (AvgIpc) is 3.33. The van der Waals surface area contributed by atoms with Crippen molar-refractivity contribution >= 4 is 17.8 Å². The van der Waals surface area contributed by atoms with Gasteiger partial charge in [-0.2, -0.15) is 0 Å². The fourth-order valence-electron chi connectivity index (χ4n) is 2.57. The molecular formula is C17H20N2O7. The minimum atomic E-state index is -0.702. The predicted octanol–water partition coefficient (Wildman–Crippen LogP) is -0.0165. The number of hydrogen-bond acceptors (Lipinski definition) is 7. The average molecular weight is 364 g/mol. The number of ether oxygens (including phenoxy) is 4. The minimum absolute atomic E-state index is 0.0237. The van der Waals surface area contributed by atoms with E-state index in [1.54, 1.807) is 12.1 Å². The maximum atomic E-state index is 12.0. The Morgan fingerprint density at radius 2 is 2.00 bits per heavy atom. The molecule has 2 heterocycles. The molecule has 0 radical (unpaired) electrons. The van der Waals surface area contributed by atoms with Crippen LogP contribution in [0.3, 0.4) is 0 Å². The maximum Gasteiger partial charge on any atom is 0.325 e. The van der Waals surface area contributed by atoms with Gasteiger partial charge in [0.25, 0.3) is 11.8 Å². The highest BCUT2D eigenvalue weighted by molar-refractivity contribution is 5.96. The van der Waals surface area contributed by atoms with E-state index < -0.39 is 24.4 Å². The molecule has 2 aliphatic rings.